The molecule has 3 aromatic rings. The van der Waals surface area contributed by atoms with Gasteiger partial charge in [-0.05, 0) is 36.4 Å². The summed E-state index contributed by atoms with van der Waals surface area (Å²) in [4.78, 5) is 4.37. The standard InChI is InChI=1S/C14H8BrF3N2S/c15-9-1-2-12-11(6-9)20-13(21-12)7-3-8(14(16,17)18)5-10(19)4-7/h1-6H,19H2. The van der Waals surface area contributed by atoms with Crippen molar-refractivity contribution in [1.29, 1.82) is 0 Å². The average molecular weight is 373 g/mol. The van der Waals surface area contributed by atoms with Gasteiger partial charge in [0.25, 0.3) is 0 Å². The highest BCUT2D eigenvalue weighted by Crippen LogP contribution is 2.37. The van der Waals surface area contributed by atoms with E-state index < -0.39 is 11.7 Å². The molecule has 0 aliphatic rings. The molecule has 7 heteroatoms. The minimum atomic E-state index is -4.43. The molecule has 0 aliphatic heterocycles. The van der Waals surface area contributed by atoms with Crippen molar-refractivity contribution >= 4 is 43.2 Å². The summed E-state index contributed by atoms with van der Waals surface area (Å²) in [5.74, 6) is 0. The van der Waals surface area contributed by atoms with Crippen LogP contribution in [0.3, 0.4) is 0 Å². The molecule has 0 aliphatic carbocycles. The van der Waals surface area contributed by atoms with Gasteiger partial charge in [-0.15, -0.1) is 11.3 Å². The molecule has 0 saturated heterocycles. The van der Waals surface area contributed by atoms with Crippen LogP contribution in [0.25, 0.3) is 20.8 Å². The minimum Gasteiger partial charge on any atom is -0.399 e. The van der Waals surface area contributed by atoms with Gasteiger partial charge in [-0.3, -0.25) is 0 Å². The SMILES string of the molecule is Nc1cc(-c2nc3cc(Br)ccc3s2)cc(C(F)(F)F)c1. The van der Waals surface area contributed by atoms with Gasteiger partial charge in [0.2, 0.25) is 0 Å². The highest BCUT2D eigenvalue weighted by atomic mass is 79.9. The number of fused-ring (bicyclic) bond motifs is 1. The quantitative estimate of drug-likeness (QED) is 0.586. The van der Waals surface area contributed by atoms with Crippen LogP contribution in [0, 0.1) is 0 Å². The second-order valence-corrected chi connectivity index (χ2v) is 6.42. The van der Waals surface area contributed by atoms with Crippen molar-refractivity contribution < 1.29 is 13.2 Å². The van der Waals surface area contributed by atoms with Gasteiger partial charge in [0.15, 0.2) is 0 Å². The number of rotatable bonds is 1. The Morgan fingerprint density at radius 3 is 2.57 bits per heavy atom. The van der Waals surface area contributed by atoms with Gasteiger partial charge >= 0.3 is 6.18 Å². The number of hydrogen-bond acceptors (Lipinski definition) is 3. The van der Waals surface area contributed by atoms with Crippen molar-refractivity contribution in [1.82, 2.24) is 4.98 Å². The Labute approximate surface area is 130 Å². The first-order valence-corrected chi connectivity index (χ1v) is 7.48. The van der Waals surface area contributed by atoms with E-state index in [1.54, 1.807) is 0 Å². The van der Waals surface area contributed by atoms with Crippen molar-refractivity contribution in [2.45, 2.75) is 6.18 Å². The summed E-state index contributed by atoms with van der Waals surface area (Å²) >= 11 is 4.68. The highest BCUT2D eigenvalue weighted by molar-refractivity contribution is 9.10. The topological polar surface area (TPSA) is 38.9 Å². The Bertz CT molecular complexity index is 827. The number of nitrogens with two attached hydrogens (primary N) is 1. The largest absolute Gasteiger partial charge is 0.416 e. The molecule has 0 atom stereocenters. The maximum Gasteiger partial charge on any atom is 0.416 e. The first-order valence-electron chi connectivity index (χ1n) is 5.87. The molecular formula is C14H8BrF3N2S. The normalized spacial score (nSPS) is 12.0. The number of anilines is 1. The van der Waals surface area contributed by atoms with Crippen LogP contribution in [0.15, 0.2) is 40.9 Å². The zero-order valence-corrected chi connectivity index (χ0v) is 12.8. The lowest BCUT2D eigenvalue weighted by atomic mass is 10.1. The van der Waals surface area contributed by atoms with Gasteiger partial charge in [0.1, 0.15) is 5.01 Å². The molecule has 2 nitrogen and oxygen atoms in total. The fraction of sp³-hybridized carbons (Fsp3) is 0.0714. The molecule has 0 unspecified atom stereocenters. The summed E-state index contributed by atoms with van der Waals surface area (Å²) in [6.45, 7) is 0. The molecule has 3 rings (SSSR count). The number of nitrogen functional groups attached to an aromatic ring is 1. The van der Waals surface area contributed by atoms with Crippen LogP contribution in [0.1, 0.15) is 5.56 Å². The van der Waals surface area contributed by atoms with Crippen LogP contribution in [0.4, 0.5) is 18.9 Å². The maximum absolute atomic E-state index is 12.8. The molecule has 0 bridgehead atoms. The lowest BCUT2D eigenvalue weighted by Crippen LogP contribution is -2.05. The van der Waals surface area contributed by atoms with E-state index in [2.05, 4.69) is 20.9 Å². The molecule has 0 fully saturated rings. The Balaban J connectivity index is 2.16. The van der Waals surface area contributed by atoms with Crippen LogP contribution in [0.2, 0.25) is 0 Å². The first-order chi connectivity index (χ1) is 9.83. The van der Waals surface area contributed by atoms with E-state index in [9.17, 15) is 13.2 Å². The predicted octanol–water partition coefficient (Wildman–Crippen LogP) is 5.33. The Morgan fingerprint density at radius 2 is 1.86 bits per heavy atom. The van der Waals surface area contributed by atoms with Crippen LogP contribution in [0.5, 0.6) is 0 Å². The second-order valence-electron chi connectivity index (χ2n) is 4.47. The molecule has 0 radical (unpaired) electrons. The zero-order chi connectivity index (χ0) is 15.2. The van der Waals surface area contributed by atoms with Gasteiger partial charge in [0.05, 0.1) is 15.8 Å². The predicted molar refractivity (Wildman–Crippen MR) is 82.2 cm³/mol. The van der Waals surface area contributed by atoms with Gasteiger partial charge in [0, 0.05) is 15.7 Å². The molecule has 21 heavy (non-hydrogen) atoms. The van der Waals surface area contributed by atoms with Crippen LogP contribution in [-0.4, -0.2) is 4.98 Å². The lowest BCUT2D eigenvalue weighted by molar-refractivity contribution is -0.137. The monoisotopic (exact) mass is 372 g/mol. The summed E-state index contributed by atoms with van der Waals surface area (Å²) in [6, 6.07) is 9.06. The van der Waals surface area contributed by atoms with E-state index in [1.807, 2.05) is 18.2 Å². The third-order valence-electron chi connectivity index (χ3n) is 2.88. The summed E-state index contributed by atoms with van der Waals surface area (Å²) in [5, 5.41) is 0.515. The van der Waals surface area contributed by atoms with Gasteiger partial charge in [-0.1, -0.05) is 15.9 Å². The van der Waals surface area contributed by atoms with Crippen molar-refractivity contribution in [3.63, 3.8) is 0 Å². The Hall–Kier alpha value is -1.60. The molecule has 0 spiro atoms. The number of aromatic nitrogens is 1. The van der Waals surface area contributed by atoms with E-state index >= 15 is 0 Å². The van der Waals surface area contributed by atoms with Crippen LogP contribution in [-0.2, 0) is 6.18 Å². The molecule has 0 saturated carbocycles. The van der Waals surface area contributed by atoms with Crippen molar-refractivity contribution in [3.8, 4) is 10.6 Å². The molecular weight excluding hydrogens is 365 g/mol. The Morgan fingerprint density at radius 1 is 1.10 bits per heavy atom. The van der Waals surface area contributed by atoms with E-state index in [-0.39, 0.29) is 5.69 Å². The third kappa shape index (κ3) is 2.89. The van der Waals surface area contributed by atoms with Crippen molar-refractivity contribution in [2.24, 2.45) is 0 Å². The van der Waals surface area contributed by atoms with Gasteiger partial charge in [-0.25, -0.2) is 4.98 Å². The van der Waals surface area contributed by atoms with Gasteiger partial charge < -0.3 is 5.73 Å². The van der Waals surface area contributed by atoms with Gasteiger partial charge in [-0.2, -0.15) is 13.2 Å². The molecule has 2 N–H and O–H groups in total. The summed E-state index contributed by atoms with van der Waals surface area (Å²) in [6.07, 6.45) is -4.43. The summed E-state index contributed by atoms with van der Waals surface area (Å²) < 4.78 is 40.3. The smallest absolute Gasteiger partial charge is 0.399 e. The molecule has 108 valence electrons. The number of hydrogen-bond donors (Lipinski definition) is 1. The van der Waals surface area contributed by atoms with Crippen molar-refractivity contribution in [3.05, 3.63) is 46.4 Å². The number of benzene rings is 2. The minimum absolute atomic E-state index is 0.0697. The fourth-order valence-electron chi connectivity index (χ4n) is 1.96. The third-order valence-corrected chi connectivity index (χ3v) is 4.46. The van der Waals surface area contributed by atoms with Crippen LogP contribution < -0.4 is 5.73 Å². The van der Waals surface area contributed by atoms with Crippen molar-refractivity contribution in [2.75, 3.05) is 5.73 Å². The number of thiazole rings is 1. The fourth-order valence-corrected chi connectivity index (χ4v) is 3.25. The first kappa shape index (κ1) is 14.3. The lowest BCUT2D eigenvalue weighted by Gasteiger charge is -2.09. The van der Waals surface area contributed by atoms with E-state index in [1.165, 1.54) is 17.4 Å². The summed E-state index contributed by atoms with van der Waals surface area (Å²) in [5.41, 5.74) is 6.00. The maximum atomic E-state index is 12.8. The van der Waals surface area contributed by atoms with E-state index in [0.29, 0.717) is 10.6 Å². The number of halogens is 4. The molecule has 0 amide bonds. The van der Waals surface area contributed by atoms with E-state index in [4.69, 9.17) is 5.73 Å². The Kier molecular flexibility index (Phi) is 3.41. The number of nitrogens with zero attached hydrogens (tertiary/aromatic N) is 1. The molecule has 2 aromatic carbocycles. The molecule has 1 aromatic heterocycles. The van der Waals surface area contributed by atoms with Crippen LogP contribution >= 0.6 is 27.3 Å². The van der Waals surface area contributed by atoms with E-state index in [0.717, 1.165) is 26.8 Å². The average Bonchev–Trinajstić information content (AvgIpc) is 2.80. The number of alkyl halides is 3. The highest BCUT2D eigenvalue weighted by Gasteiger charge is 2.31. The zero-order valence-electron chi connectivity index (χ0n) is 10.4. The molecule has 1 heterocycles. The summed E-state index contributed by atoms with van der Waals surface area (Å²) in [7, 11) is 0. The second kappa shape index (κ2) is 4.99.